The predicted octanol–water partition coefficient (Wildman–Crippen LogP) is 1.44. The van der Waals surface area contributed by atoms with Crippen LogP contribution < -0.4 is 0 Å². The molecule has 0 amide bonds. The number of hydrogen-bond acceptors (Lipinski definition) is 4. The van der Waals surface area contributed by atoms with Gasteiger partial charge in [0.05, 0.1) is 12.0 Å². The summed E-state index contributed by atoms with van der Waals surface area (Å²) in [6.07, 6.45) is 8.31. The summed E-state index contributed by atoms with van der Waals surface area (Å²) >= 11 is 0. The molecule has 1 N–H and O–H groups in total. The molecule has 1 aromatic rings. The molecule has 5 rings (SSSR count). The van der Waals surface area contributed by atoms with Crippen LogP contribution in [0.15, 0.2) is 6.33 Å². The van der Waals surface area contributed by atoms with E-state index in [1.165, 1.54) is 12.7 Å². The van der Waals surface area contributed by atoms with Gasteiger partial charge in [0.25, 0.3) is 0 Å². The molecule has 4 atom stereocenters. The number of aromatic nitrogens is 4. The summed E-state index contributed by atoms with van der Waals surface area (Å²) in [6.45, 7) is 0. The van der Waals surface area contributed by atoms with E-state index in [0.29, 0.717) is 18.3 Å². The van der Waals surface area contributed by atoms with Crippen molar-refractivity contribution in [3.05, 3.63) is 6.33 Å². The van der Waals surface area contributed by atoms with Gasteiger partial charge in [-0.15, -0.1) is 10.2 Å². The van der Waals surface area contributed by atoms with Crippen LogP contribution in [0, 0.1) is 17.3 Å². The second-order valence-electron chi connectivity index (χ2n) is 6.98. The highest BCUT2D eigenvalue weighted by Gasteiger charge is 2.59. The Labute approximate surface area is 111 Å². The fourth-order valence-corrected chi connectivity index (χ4v) is 5.55. The van der Waals surface area contributed by atoms with Gasteiger partial charge in [-0.25, -0.2) is 0 Å². The summed E-state index contributed by atoms with van der Waals surface area (Å²) < 4.78 is 0. The molecule has 4 fully saturated rings. The molecule has 102 valence electrons. The van der Waals surface area contributed by atoms with E-state index < -0.39 is 5.97 Å². The Morgan fingerprint density at radius 2 is 2.05 bits per heavy atom. The number of hydrogen-bond donors (Lipinski definition) is 1. The quantitative estimate of drug-likeness (QED) is 0.891. The van der Waals surface area contributed by atoms with E-state index in [2.05, 4.69) is 15.4 Å². The van der Waals surface area contributed by atoms with Crippen LogP contribution in [-0.4, -0.2) is 31.3 Å². The van der Waals surface area contributed by atoms with Crippen LogP contribution in [0.2, 0.25) is 0 Å². The number of carboxylic acids is 1. The number of nitrogens with zero attached hydrogens (tertiary/aromatic N) is 4. The lowest BCUT2D eigenvalue weighted by molar-refractivity contribution is -0.152. The van der Waals surface area contributed by atoms with Gasteiger partial charge >= 0.3 is 5.97 Å². The van der Waals surface area contributed by atoms with Crippen LogP contribution in [0.1, 0.15) is 44.9 Å². The van der Waals surface area contributed by atoms with E-state index in [-0.39, 0.29) is 11.0 Å². The van der Waals surface area contributed by atoms with Crippen molar-refractivity contribution >= 4 is 5.97 Å². The van der Waals surface area contributed by atoms with Crippen LogP contribution in [0.3, 0.4) is 0 Å². The molecule has 4 bridgehead atoms. The fourth-order valence-electron chi connectivity index (χ4n) is 5.55. The van der Waals surface area contributed by atoms with Crippen molar-refractivity contribution in [2.75, 3.05) is 0 Å². The van der Waals surface area contributed by atoms with Crippen LogP contribution in [0.5, 0.6) is 0 Å². The third-order valence-electron chi connectivity index (χ3n) is 5.45. The Hall–Kier alpha value is -1.46. The van der Waals surface area contributed by atoms with E-state index in [9.17, 15) is 9.90 Å². The highest BCUT2D eigenvalue weighted by atomic mass is 16.4. The van der Waals surface area contributed by atoms with E-state index >= 15 is 0 Å². The second-order valence-corrected chi connectivity index (χ2v) is 6.98. The van der Waals surface area contributed by atoms with Gasteiger partial charge in [-0.3, -0.25) is 4.79 Å². The van der Waals surface area contributed by atoms with Gasteiger partial charge in [0.2, 0.25) is 0 Å². The highest BCUT2D eigenvalue weighted by Crippen LogP contribution is 2.64. The standard InChI is InChI=1S/C13H18N4O2/c18-11(19)6-12-2-9-1-10(3-12)5-13(4-9,7-12)17-15-8-14-16-17/h8-10H,1-7H2,(H,18,19)/t9-,10+,12?,13?. The molecule has 6 heteroatoms. The lowest BCUT2D eigenvalue weighted by Gasteiger charge is -2.61. The third-order valence-corrected chi connectivity index (χ3v) is 5.45. The number of carbonyl (C=O) groups is 1. The smallest absolute Gasteiger partial charge is 0.303 e. The van der Waals surface area contributed by atoms with Gasteiger partial charge < -0.3 is 5.11 Å². The summed E-state index contributed by atoms with van der Waals surface area (Å²) in [5.41, 5.74) is -0.0838. The van der Waals surface area contributed by atoms with Crippen molar-refractivity contribution in [1.29, 1.82) is 0 Å². The molecule has 4 saturated carbocycles. The molecular formula is C13H18N4O2. The lowest BCUT2D eigenvalue weighted by Crippen LogP contribution is -2.57. The monoisotopic (exact) mass is 262 g/mol. The van der Waals surface area contributed by atoms with Crippen molar-refractivity contribution < 1.29 is 9.90 Å². The first kappa shape index (κ1) is 11.4. The molecule has 1 aromatic heterocycles. The van der Waals surface area contributed by atoms with Gasteiger partial charge in [-0.2, -0.15) is 4.80 Å². The van der Waals surface area contributed by atoms with Crippen LogP contribution in [-0.2, 0) is 10.3 Å². The van der Waals surface area contributed by atoms with E-state index in [1.807, 2.05) is 0 Å². The van der Waals surface area contributed by atoms with Gasteiger partial charge in [0, 0.05) is 0 Å². The minimum atomic E-state index is -0.663. The number of tetrazole rings is 1. The van der Waals surface area contributed by atoms with Crippen LogP contribution in [0.4, 0.5) is 0 Å². The van der Waals surface area contributed by atoms with Gasteiger partial charge in [-0.05, 0) is 61.0 Å². The van der Waals surface area contributed by atoms with Crippen LogP contribution in [0.25, 0.3) is 0 Å². The average Bonchev–Trinajstić information content (AvgIpc) is 2.78. The molecular weight excluding hydrogens is 244 g/mol. The van der Waals surface area contributed by atoms with Gasteiger partial charge in [0.1, 0.15) is 0 Å². The molecule has 0 aromatic carbocycles. The summed E-state index contributed by atoms with van der Waals surface area (Å²) in [5.74, 6) is 0.627. The zero-order valence-electron chi connectivity index (χ0n) is 10.8. The van der Waals surface area contributed by atoms with E-state index in [1.54, 1.807) is 4.80 Å². The first-order chi connectivity index (χ1) is 9.09. The summed E-state index contributed by atoms with van der Waals surface area (Å²) in [4.78, 5) is 13.0. The van der Waals surface area contributed by atoms with Crippen molar-refractivity contribution in [1.82, 2.24) is 20.2 Å². The van der Waals surface area contributed by atoms with E-state index in [4.69, 9.17) is 0 Å². The van der Waals surface area contributed by atoms with E-state index in [0.717, 1.165) is 32.1 Å². The van der Waals surface area contributed by atoms with Crippen molar-refractivity contribution in [3.63, 3.8) is 0 Å². The Balaban J connectivity index is 1.74. The first-order valence-corrected chi connectivity index (χ1v) is 7.05. The molecule has 4 aliphatic rings. The maximum absolute atomic E-state index is 11.2. The van der Waals surface area contributed by atoms with Crippen molar-refractivity contribution in [3.8, 4) is 0 Å². The highest BCUT2D eigenvalue weighted by molar-refractivity contribution is 5.67. The zero-order valence-corrected chi connectivity index (χ0v) is 10.8. The van der Waals surface area contributed by atoms with Crippen molar-refractivity contribution in [2.24, 2.45) is 17.3 Å². The SMILES string of the molecule is O=C(O)CC12C[C@H]3C[C@@H](C1)CC(n1ncnn1)(C3)C2. The maximum atomic E-state index is 11.2. The summed E-state index contributed by atoms with van der Waals surface area (Å²) in [5, 5.41) is 21.5. The van der Waals surface area contributed by atoms with Crippen LogP contribution >= 0.6 is 0 Å². The Kier molecular flexibility index (Phi) is 2.13. The molecule has 0 saturated heterocycles. The topological polar surface area (TPSA) is 80.9 Å². The molecule has 19 heavy (non-hydrogen) atoms. The molecule has 4 aliphatic carbocycles. The van der Waals surface area contributed by atoms with Crippen molar-refractivity contribution in [2.45, 2.75) is 50.5 Å². The first-order valence-electron chi connectivity index (χ1n) is 7.05. The number of carboxylic acid groups (broad SMARTS) is 1. The molecule has 0 radical (unpaired) electrons. The summed E-state index contributed by atoms with van der Waals surface area (Å²) in [7, 11) is 0. The molecule has 0 spiro atoms. The van der Waals surface area contributed by atoms with Gasteiger partial charge in [-0.1, -0.05) is 0 Å². The molecule has 1 heterocycles. The minimum Gasteiger partial charge on any atom is -0.481 e. The predicted molar refractivity (Wildman–Crippen MR) is 65.2 cm³/mol. The average molecular weight is 262 g/mol. The number of aliphatic carboxylic acids is 1. The second kappa shape index (κ2) is 3.55. The maximum Gasteiger partial charge on any atom is 0.303 e. The lowest BCUT2D eigenvalue weighted by atomic mass is 9.46. The third kappa shape index (κ3) is 1.61. The number of rotatable bonds is 3. The van der Waals surface area contributed by atoms with Gasteiger partial charge in [0.15, 0.2) is 6.33 Å². The Morgan fingerprint density at radius 3 is 2.63 bits per heavy atom. The molecule has 2 unspecified atom stereocenters. The normalized spacial score (nSPS) is 43.6. The molecule has 6 nitrogen and oxygen atoms in total. The zero-order chi connectivity index (χ0) is 13.1. The largest absolute Gasteiger partial charge is 0.481 e. The minimum absolute atomic E-state index is 0.0243. The fraction of sp³-hybridized carbons (Fsp3) is 0.846. The Morgan fingerprint density at radius 1 is 1.32 bits per heavy atom. The Bertz CT molecular complexity index is 499. The molecule has 0 aliphatic heterocycles. The summed E-state index contributed by atoms with van der Waals surface area (Å²) in [6, 6.07) is 0.